The number of nitrogens with one attached hydrogen (secondary N) is 2. The van der Waals surface area contributed by atoms with Gasteiger partial charge in [-0.3, -0.25) is 4.79 Å². The monoisotopic (exact) mass is 348 g/mol. The minimum absolute atomic E-state index is 0.375. The largest absolute Gasteiger partial charge is 0.317 e. The van der Waals surface area contributed by atoms with Crippen LogP contribution in [-0.4, -0.2) is 32.0 Å². The van der Waals surface area contributed by atoms with E-state index in [1.165, 1.54) is 11.1 Å². The summed E-state index contributed by atoms with van der Waals surface area (Å²) in [4.78, 5) is 14.3. The molecular weight excluding hydrogens is 320 g/mol. The van der Waals surface area contributed by atoms with Gasteiger partial charge in [-0.25, -0.2) is 0 Å². The Hall–Kier alpha value is -1.97. The van der Waals surface area contributed by atoms with Crippen LogP contribution in [0.2, 0.25) is 0 Å². The van der Waals surface area contributed by atoms with Gasteiger partial charge in [0.1, 0.15) is 0 Å². The van der Waals surface area contributed by atoms with Crippen molar-refractivity contribution in [3.05, 3.63) is 71.8 Å². The molecule has 0 atom stereocenters. The van der Waals surface area contributed by atoms with E-state index in [1.807, 2.05) is 12.1 Å². The number of piperidine rings is 2. The molecule has 3 heteroatoms. The van der Waals surface area contributed by atoms with Crippen LogP contribution in [0.25, 0.3) is 0 Å². The Labute approximate surface area is 156 Å². The second kappa shape index (κ2) is 7.34. The fraction of sp³-hybridized carbons (Fsp3) is 0.435. The number of carbonyl (C=O) groups excluding carboxylic acids is 1. The zero-order chi connectivity index (χ0) is 17.9. The fourth-order valence-corrected chi connectivity index (χ4v) is 4.97. The first-order chi connectivity index (χ1) is 12.8. The van der Waals surface area contributed by atoms with Crippen LogP contribution in [0, 0.1) is 0 Å². The van der Waals surface area contributed by atoms with Gasteiger partial charge in [-0.1, -0.05) is 60.7 Å². The molecule has 4 rings (SSSR count). The molecule has 0 amide bonds. The Balaban J connectivity index is 1.83. The highest BCUT2D eigenvalue weighted by Gasteiger charge is 2.52. The number of hydrogen-bond donors (Lipinski definition) is 2. The zero-order valence-corrected chi connectivity index (χ0v) is 15.3. The van der Waals surface area contributed by atoms with Crippen LogP contribution in [0.3, 0.4) is 0 Å². The first-order valence-electron chi connectivity index (χ1n) is 9.85. The molecule has 0 saturated carbocycles. The molecule has 0 bridgehead atoms. The highest BCUT2D eigenvalue weighted by Crippen LogP contribution is 2.45. The van der Waals surface area contributed by atoms with E-state index in [9.17, 15) is 4.79 Å². The molecule has 0 aliphatic carbocycles. The van der Waals surface area contributed by atoms with E-state index < -0.39 is 0 Å². The number of ketones is 1. The Morgan fingerprint density at radius 2 is 0.962 bits per heavy atom. The van der Waals surface area contributed by atoms with Crippen molar-refractivity contribution in [3.8, 4) is 0 Å². The third kappa shape index (κ3) is 2.89. The molecule has 136 valence electrons. The van der Waals surface area contributed by atoms with Crippen molar-refractivity contribution in [2.45, 2.75) is 36.5 Å². The highest BCUT2D eigenvalue weighted by atomic mass is 16.1. The molecule has 0 spiro atoms. The number of Topliss-reactive ketones (excluding diaryl/α,β-unsaturated/α-hetero) is 1. The van der Waals surface area contributed by atoms with E-state index in [4.69, 9.17) is 0 Å². The van der Waals surface area contributed by atoms with Crippen LogP contribution >= 0.6 is 0 Å². The van der Waals surface area contributed by atoms with Gasteiger partial charge in [0.15, 0.2) is 5.78 Å². The quantitative estimate of drug-likeness (QED) is 0.891. The third-order valence-electron chi connectivity index (χ3n) is 6.44. The first kappa shape index (κ1) is 17.4. The van der Waals surface area contributed by atoms with Gasteiger partial charge in [-0.2, -0.15) is 0 Å². The Morgan fingerprint density at radius 3 is 1.31 bits per heavy atom. The lowest BCUT2D eigenvalue weighted by Crippen LogP contribution is -2.56. The number of hydrogen-bond acceptors (Lipinski definition) is 3. The minimum Gasteiger partial charge on any atom is -0.317 e. The van der Waals surface area contributed by atoms with Crippen molar-refractivity contribution >= 4 is 5.78 Å². The van der Waals surface area contributed by atoms with Crippen molar-refractivity contribution < 1.29 is 4.79 Å². The summed E-state index contributed by atoms with van der Waals surface area (Å²) in [6, 6.07) is 21.0. The van der Waals surface area contributed by atoms with Gasteiger partial charge < -0.3 is 10.6 Å². The van der Waals surface area contributed by atoms with Gasteiger partial charge in [0.2, 0.25) is 0 Å². The molecule has 2 fully saturated rings. The van der Waals surface area contributed by atoms with E-state index in [1.54, 1.807) is 0 Å². The number of carbonyl (C=O) groups is 1. The molecular formula is C23H28N2O. The standard InChI is InChI=1S/C23H28N2O/c26-21(22(11-15-24-16-12-22)19-7-3-1-4-8-19)23(13-17-25-18-14-23)20-9-5-2-6-10-20/h1-10,24-25H,11-18H2. The van der Waals surface area contributed by atoms with Crippen LogP contribution < -0.4 is 10.6 Å². The summed E-state index contributed by atoms with van der Waals surface area (Å²) < 4.78 is 0. The summed E-state index contributed by atoms with van der Waals surface area (Å²) >= 11 is 0. The minimum atomic E-state index is -0.375. The fourth-order valence-electron chi connectivity index (χ4n) is 4.97. The molecule has 3 nitrogen and oxygen atoms in total. The molecule has 2 saturated heterocycles. The summed E-state index contributed by atoms with van der Waals surface area (Å²) in [5.74, 6) is 0.436. The van der Waals surface area contributed by atoms with Crippen LogP contribution in [0.4, 0.5) is 0 Å². The maximum absolute atomic E-state index is 14.3. The molecule has 2 aliphatic rings. The van der Waals surface area contributed by atoms with Gasteiger partial charge in [-0.15, -0.1) is 0 Å². The zero-order valence-electron chi connectivity index (χ0n) is 15.3. The second-order valence-electron chi connectivity index (χ2n) is 7.73. The molecule has 2 aliphatic heterocycles. The average Bonchev–Trinajstić information content (AvgIpc) is 2.75. The molecule has 2 heterocycles. The molecule has 2 aromatic carbocycles. The highest BCUT2D eigenvalue weighted by molar-refractivity contribution is 5.99. The normalized spacial score (nSPS) is 21.8. The molecule has 0 aromatic heterocycles. The predicted octanol–water partition coefficient (Wildman–Crippen LogP) is 3.20. The first-order valence-corrected chi connectivity index (χ1v) is 9.85. The van der Waals surface area contributed by atoms with Gasteiger partial charge in [0.05, 0.1) is 10.8 Å². The van der Waals surface area contributed by atoms with E-state index in [0.717, 1.165) is 51.9 Å². The van der Waals surface area contributed by atoms with E-state index in [-0.39, 0.29) is 10.8 Å². The topological polar surface area (TPSA) is 41.1 Å². The Bertz CT molecular complexity index is 666. The lowest BCUT2D eigenvalue weighted by Gasteiger charge is -2.46. The van der Waals surface area contributed by atoms with Crippen molar-refractivity contribution in [1.29, 1.82) is 0 Å². The van der Waals surface area contributed by atoms with Gasteiger partial charge in [-0.05, 0) is 63.0 Å². The lowest BCUT2D eigenvalue weighted by atomic mass is 9.57. The van der Waals surface area contributed by atoms with E-state index >= 15 is 0 Å². The summed E-state index contributed by atoms with van der Waals surface area (Å²) in [7, 11) is 0. The Morgan fingerprint density at radius 1 is 0.615 bits per heavy atom. The molecule has 0 radical (unpaired) electrons. The van der Waals surface area contributed by atoms with Gasteiger partial charge in [0.25, 0.3) is 0 Å². The lowest BCUT2D eigenvalue weighted by molar-refractivity contribution is -0.132. The van der Waals surface area contributed by atoms with Crippen molar-refractivity contribution in [2.75, 3.05) is 26.2 Å². The van der Waals surface area contributed by atoms with Crippen LogP contribution in [0.1, 0.15) is 36.8 Å². The van der Waals surface area contributed by atoms with Crippen molar-refractivity contribution in [1.82, 2.24) is 10.6 Å². The van der Waals surface area contributed by atoms with Crippen molar-refractivity contribution in [2.24, 2.45) is 0 Å². The SMILES string of the molecule is O=C(C1(c2ccccc2)CCNCC1)C1(c2ccccc2)CCNCC1. The average molecular weight is 348 g/mol. The summed E-state index contributed by atoms with van der Waals surface area (Å²) in [6.45, 7) is 3.63. The van der Waals surface area contributed by atoms with E-state index in [2.05, 4.69) is 59.2 Å². The molecule has 26 heavy (non-hydrogen) atoms. The van der Waals surface area contributed by atoms with Crippen LogP contribution in [-0.2, 0) is 15.6 Å². The second-order valence-corrected chi connectivity index (χ2v) is 7.73. The maximum Gasteiger partial charge on any atom is 0.154 e. The summed E-state index contributed by atoms with van der Waals surface area (Å²) in [5, 5.41) is 6.91. The summed E-state index contributed by atoms with van der Waals surface area (Å²) in [5.41, 5.74) is 1.64. The van der Waals surface area contributed by atoms with Crippen molar-refractivity contribution in [3.63, 3.8) is 0 Å². The van der Waals surface area contributed by atoms with Crippen LogP contribution in [0.15, 0.2) is 60.7 Å². The van der Waals surface area contributed by atoms with Gasteiger partial charge >= 0.3 is 0 Å². The van der Waals surface area contributed by atoms with Crippen LogP contribution in [0.5, 0.6) is 0 Å². The number of benzene rings is 2. The molecule has 0 unspecified atom stereocenters. The van der Waals surface area contributed by atoms with E-state index in [0.29, 0.717) is 5.78 Å². The molecule has 2 N–H and O–H groups in total. The predicted molar refractivity (Wildman–Crippen MR) is 105 cm³/mol. The smallest absolute Gasteiger partial charge is 0.154 e. The van der Waals surface area contributed by atoms with Gasteiger partial charge in [0, 0.05) is 0 Å². The third-order valence-corrected chi connectivity index (χ3v) is 6.44. The molecule has 2 aromatic rings. The Kier molecular flexibility index (Phi) is 4.92. The summed E-state index contributed by atoms with van der Waals surface area (Å²) in [6.07, 6.45) is 3.55. The number of rotatable bonds is 4. The maximum atomic E-state index is 14.3.